The van der Waals surface area contributed by atoms with Crippen LogP contribution in [0.1, 0.15) is 6.99 Å². The minimum atomic E-state index is -4.67. The molecule has 3 N–H and O–H groups in total. The maximum absolute atomic E-state index is 8.92. The van der Waals surface area contributed by atoms with Crippen molar-refractivity contribution in [2.45, 2.75) is 6.92 Å². The van der Waals surface area contributed by atoms with Crippen LogP contribution in [0.4, 0.5) is 0 Å². The number of hydrogen-bond acceptors (Lipinski definition) is 3. The van der Waals surface area contributed by atoms with E-state index in [0.717, 1.165) is 5.56 Å². The topological polar surface area (TPSA) is 94.8 Å². The van der Waals surface area contributed by atoms with E-state index in [-0.39, 0.29) is 52.8 Å². The summed E-state index contributed by atoms with van der Waals surface area (Å²) < 4.78 is 31.6. The van der Waals surface area contributed by atoms with Crippen molar-refractivity contribution in [3.8, 4) is 5.75 Å². The van der Waals surface area contributed by atoms with Crippen LogP contribution in [0.3, 0.4) is 0 Å². The van der Waals surface area contributed by atoms with E-state index in [9.17, 15) is 0 Å². The SMILES string of the molecule is Cc1ccccc1O.O=S(=O)(O)O.[H-].[K+]. The number of aromatic hydroxyl groups is 1. The van der Waals surface area contributed by atoms with E-state index >= 15 is 0 Å². The third-order valence-corrected chi connectivity index (χ3v) is 1.12. The van der Waals surface area contributed by atoms with Gasteiger partial charge in [-0.3, -0.25) is 9.11 Å². The standard InChI is InChI=1S/C7H8O.K.H2O4S.H/c1-6-4-2-3-5-7(6)8;;1-5(2,3)4;/h2-5,8H,1H3;;(H2,1,2,3,4);/q;+1;;-1. The van der Waals surface area contributed by atoms with Gasteiger partial charge in [0.15, 0.2) is 0 Å². The van der Waals surface area contributed by atoms with Crippen molar-refractivity contribution in [1.82, 2.24) is 0 Å². The van der Waals surface area contributed by atoms with E-state index in [1.807, 2.05) is 25.1 Å². The van der Waals surface area contributed by atoms with Crippen LogP contribution < -0.4 is 51.4 Å². The van der Waals surface area contributed by atoms with Crippen molar-refractivity contribution in [2.24, 2.45) is 0 Å². The number of para-hydroxylation sites is 1. The Morgan fingerprint density at radius 2 is 1.57 bits per heavy atom. The third-order valence-electron chi connectivity index (χ3n) is 1.12. The first-order chi connectivity index (χ1) is 5.80. The fraction of sp³-hybridized carbons (Fsp3) is 0.143. The minimum absolute atomic E-state index is 0. The molecule has 0 aliphatic heterocycles. The van der Waals surface area contributed by atoms with Gasteiger partial charge in [0.1, 0.15) is 5.75 Å². The van der Waals surface area contributed by atoms with E-state index in [4.69, 9.17) is 22.6 Å². The van der Waals surface area contributed by atoms with Crippen molar-refractivity contribution in [2.75, 3.05) is 0 Å². The summed E-state index contributed by atoms with van der Waals surface area (Å²) in [6.07, 6.45) is 0. The summed E-state index contributed by atoms with van der Waals surface area (Å²) in [6.45, 7) is 1.87. The predicted octanol–water partition coefficient (Wildman–Crippen LogP) is -1.84. The number of benzene rings is 1. The van der Waals surface area contributed by atoms with Crippen LogP contribution >= 0.6 is 0 Å². The van der Waals surface area contributed by atoms with Crippen molar-refractivity contribution < 1.29 is 75.4 Å². The zero-order chi connectivity index (χ0) is 10.5. The summed E-state index contributed by atoms with van der Waals surface area (Å²) >= 11 is 0. The summed E-state index contributed by atoms with van der Waals surface area (Å²) in [6, 6.07) is 7.25. The van der Waals surface area contributed by atoms with E-state index in [0.29, 0.717) is 5.75 Å². The van der Waals surface area contributed by atoms with Crippen LogP contribution in [0.25, 0.3) is 0 Å². The van der Waals surface area contributed by atoms with Crippen molar-refractivity contribution in [3.63, 3.8) is 0 Å². The van der Waals surface area contributed by atoms with Gasteiger partial charge < -0.3 is 6.53 Å². The second-order valence-corrected chi connectivity index (χ2v) is 3.13. The van der Waals surface area contributed by atoms with Gasteiger partial charge in [0.05, 0.1) is 0 Å². The average Bonchev–Trinajstić information content (AvgIpc) is 1.92. The molecule has 0 saturated carbocycles. The molecular formula is C7H11KO5S. The number of phenols is 1. The normalized spacial score (nSPS) is 9.36. The Bertz CT molecular complexity index is 338. The van der Waals surface area contributed by atoms with Crippen LogP contribution in [0.15, 0.2) is 24.3 Å². The number of aryl methyl sites for hydroxylation is 1. The monoisotopic (exact) mass is 246 g/mol. The molecule has 0 fully saturated rings. The van der Waals surface area contributed by atoms with Crippen molar-refractivity contribution in [3.05, 3.63) is 29.8 Å². The molecule has 0 saturated heterocycles. The van der Waals surface area contributed by atoms with Gasteiger partial charge in [-0.2, -0.15) is 8.42 Å². The van der Waals surface area contributed by atoms with Gasteiger partial charge in [0, 0.05) is 0 Å². The summed E-state index contributed by atoms with van der Waals surface area (Å²) in [5.74, 6) is 0.368. The molecular weight excluding hydrogens is 235 g/mol. The maximum Gasteiger partial charge on any atom is 1.00 e. The zero-order valence-corrected chi connectivity index (χ0v) is 11.8. The van der Waals surface area contributed by atoms with Crippen LogP contribution in [0.2, 0.25) is 0 Å². The van der Waals surface area contributed by atoms with Gasteiger partial charge in [0.2, 0.25) is 0 Å². The third kappa shape index (κ3) is 12.5. The number of hydrogen-bond donors (Lipinski definition) is 3. The second kappa shape index (κ2) is 7.77. The Morgan fingerprint density at radius 3 is 1.79 bits per heavy atom. The Labute approximate surface area is 127 Å². The molecule has 7 heteroatoms. The molecule has 5 nitrogen and oxygen atoms in total. The summed E-state index contributed by atoms with van der Waals surface area (Å²) in [7, 11) is -4.67. The molecule has 0 amide bonds. The van der Waals surface area contributed by atoms with Crippen molar-refractivity contribution >= 4 is 10.4 Å². The first kappa shape index (κ1) is 16.9. The van der Waals surface area contributed by atoms with Gasteiger partial charge in [-0.05, 0) is 18.6 Å². The van der Waals surface area contributed by atoms with Crippen LogP contribution in [0, 0.1) is 6.92 Å². The summed E-state index contributed by atoms with van der Waals surface area (Å²) in [5.41, 5.74) is 0.924. The molecule has 0 bridgehead atoms. The maximum atomic E-state index is 8.92. The summed E-state index contributed by atoms with van der Waals surface area (Å²) in [4.78, 5) is 0. The molecule has 0 aliphatic carbocycles. The van der Waals surface area contributed by atoms with E-state index in [2.05, 4.69) is 0 Å². The molecule has 0 unspecified atom stereocenters. The van der Waals surface area contributed by atoms with Gasteiger partial charge in [-0.25, -0.2) is 0 Å². The van der Waals surface area contributed by atoms with E-state index < -0.39 is 10.4 Å². The molecule has 0 radical (unpaired) electrons. The molecule has 76 valence electrons. The Morgan fingerprint density at radius 1 is 1.21 bits per heavy atom. The Hall–Kier alpha value is 0.526. The van der Waals surface area contributed by atoms with Gasteiger partial charge in [-0.15, -0.1) is 0 Å². The molecule has 0 aliphatic rings. The van der Waals surface area contributed by atoms with Crippen molar-refractivity contribution in [1.29, 1.82) is 0 Å². The fourth-order valence-corrected chi connectivity index (χ4v) is 0.563. The Balaban J connectivity index is -0.000000185. The minimum Gasteiger partial charge on any atom is -1.00 e. The molecule has 1 aromatic carbocycles. The smallest absolute Gasteiger partial charge is 1.00 e. The molecule has 14 heavy (non-hydrogen) atoms. The Kier molecular flexibility index (Phi) is 9.40. The molecule has 0 atom stereocenters. The van der Waals surface area contributed by atoms with Gasteiger partial charge >= 0.3 is 61.8 Å². The van der Waals surface area contributed by atoms with Gasteiger partial charge in [0.25, 0.3) is 0 Å². The zero-order valence-electron chi connectivity index (χ0n) is 8.88. The quantitative estimate of drug-likeness (QED) is 0.369. The van der Waals surface area contributed by atoms with Crippen LogP contribution in [-0.2, 0) is 10.4 Å². The van der Waals surface area contributed by atoms with Crippen LogP contribution in [0.5, 0.6) is 5.75 Å². The molecule has 1 rings (SSSR count). The van der Waals surface area contributed by atoms with E-state index in [1.54, 1.807) is 6.07 Å². The first-order valence-corrected chi connectivity index (χ1v) is 4.65. The molecule has 0 heterocycles. The molecule has 0 spiro atoms. The average molecular weight is 246 g/mol. The van der Waals surface area contributed by atoms with E-state index in [1.165, 1.54) is 0 Å². The predicted molar refractivity (Wildman–Crippen MR) is 48.1 cm³/mol. The summed E-state index contributed by atoms with van der Waals surface area (Å²) in [5, 5.41) is 8.92. The number of rotatable bonds is 0. The largest absolute Gasteiger partial charge is 1.00 e. The van der Waals surface area contributed by atoms with Crippen LogP contribution in [-0.4, -0.2) is 22.6 Å². The fourth-order valence-electron chi connectivity index (χ4n) is 0.563. The number of phenolic OH excluding ortho intramolecular Hbond substituents is 1. The second-order valence-electron chi connectivity index (χ2n) is 2.23. The van der Waals surface area contributed by atoms with Gasteiger partial charge in [-0.1, -0.05) is 18.2 Å². The molecule has 1 aromatic rings. The first-order valence-electron chi connectivity index (χ1n) is 3.25. The molecule has 0 aromatic heterocycles.